The number of hydrogen-bond donors (Lipinski definition) is 0. The van der Waals surface area contributed by atoms with Gasteiger partial charge in [-0.3, -0.25) is 9.36 Å². The number of thioether (sulfide) groups is 1. The smallest absolute Gasteiger partial charge is 0.233 e. The zero-order valence-corrected chi connectivity index (χ0v) is 20.2. The first kappa shape index (κ1) is 22.8. The van der Waals surface area contributed by atoms with Crippen LogP contribution in [0.25, 0.3) is 11.4 Å². The zero-order valence-electron chi connectivity index (χ0n) is 18.7. The van der Waals surface area contributed by atoms with Crippen molar-refractivity contribution in [1.29, 1.82) is 0 Å². The van der Waals surface area contributed by atoms with E-state index in [1.807, 2.05) is 51.9 Å². The Morgan fingerprint density at radius 2 is 1.94 bits per heavy atom. The van der Waals surface area contributed by atoms with E-state index >= 15 is 0 Å². The van der Waals surface area contributed by atoms with Crippen LogP contribution in [0, 0.1) is 0 Å². The van der Waals surface area contributed by atoms with Gasteiger partial charge in [-0.25, -0.2) is 0 Å². The highest BCUT2D eigenvalue weighted by atomic mass is 35.5. The molecule has 0 spiro atoms. The minimum absolute atomic E-state index is 0.0413. The summed E-state index contributed by atoms with van der Waals surface area (Å²) in [7, 11) is 0. The first-order chi connectivity index (χ1) is 16.6. The van der Waals surface area contributed by atoms with E-state index in [9.17, 15) is 4.79 Å². The van der Waals surface area contributed by atoms with Crippen LogP contribution >= 0.6 is 23.4 Å². The average Bonchev–Trinajstić information content (AvgIpc) is 3.51. The molecule has 1 aromatic heterocycles. The minimum atomic E-state index is 0.0413. The van der Waals surface area contributed by atoms with Crippen molar-refractivity contribution in [3.63, 3.8) is 0 Å². The molecule has 2 aromatic carbocycles. The van der Waals surface area contributed by atoms with Gasteiger partial charge in [0.1, 0.15) is 13.2 Å². The number of hydrogen-bond acceptors (Lipinski definition) is 6. The minimum Gasteiger partial charge on any atom is -0.486 e. The monoisotopic (exact) mass is 496 g/mol. The lowest BCUT2D eigenvalue weighted by Crippen LogP contribution is -2.32. The van der Waals surface area contributed by atoms with Crippen molar-refractivity contribution in [3.8, 4) is 22.9 Å². The molecule has 1 fully saturated rings. The lowest BCUT2D eigenvalue weighted by Gasteiger charge is -2.26. The van der Waals surface area contributed by atoms with Crippen LogP contribution in [0.15, 0.2) is 60.3 Å². The Hall–Kier alpha value is -2.97. The number of nitrogens with zero attached hydrogens (tertiary/aromatic N) is 4. The van der Waals surface area contributed by atoms with E-state index in [1.165, 1.54) is 11.8 Å². The van der Waals surface area contributed by atoms with E-state index in [0.29, 0.717) is 29.9 Å². The van der Waals surface area contributed by atoms with Gasteiger partial charge < -0.3 is 14.4 Å². The summed E-state index contributed by atoms with van der Waals surface area (Å²) in [6.45, 7) is 6.26. The quantitative estimate of drug-likeness (QED) is 0.338. The summed E-state index contributed by atoms with van der Waals surface area (Å²) in [5.74, 6) is 2.62. The first-order valence-electron chi connectivity index (χ1n) is 11.3. The molecule has 34 heavy (non-hydrogen) atoms. The van der Waals surface area contributed by atoms with Gasteiger partial charge in [0.05, 0.1) is 11.8 Å². The average molecular weight is 497 g/mol. The van der Waals surface area contributed by atoms with Gasteiger partial charge in [0, 0.05) is 23.7 Å². The molecule has 3 aromatic rings. The molecule has 0 N–H and O–H groups in total. The first-order valence-corrected chi connectivity index (χ1v) is 12.6. The van der Waals surface area contributed by atoms with Crippen molar-refractivity contribution in [2.45, 2.75) is 30.6 Å². The van der Waals surface area contributed by atoms with Crippen LogP contribution in [0.5, 0.6) is 11.5 Å². The number of amides is 1. The van der Waals surface area contributed by atoms with Crippen LogP contribution < -0.4 is 9.47 Å². The largest absolute Gasteiger partial charge is 0.486 e. The Labute approximate surface area is 207 Å². The fourth-order valence-electron chi connectivity index (χ4n) is 4.39. The van der Waals surface area contributed by atoms with Crippen LogP contribution in [0.4, 0.5) is 0 Å². The second-order valence-corrected chi connectivity index (χ2v) is 9.53. The van der Waals surface area contributed by atoms with Gasteiger partial charge in [0.15, 0.2) is 22.5 Å². The molecule has 3 heterocycles. The fraction of sp³-hybridized carbons (Fsp3) is 0.320. The molecule has 1 amide bonds. The normalized spacial score (nSPS) is 17.1. The molecular weight excluding hydrogens is 472 g/mol. The van der Waals surface area contributed by atoms with Gasteiger partial charge in [-0.1, -0.05) is 35.5 Å². The van der Waals surface area contributed by atoms with Gasteiger partial charge in [-0.15, -0.1) is 16.8 Å². The van der Waals surface area contributed by atoms with E-state index in [4.69, 9.17) is 21.1 Å². The molecule has 0 unspecified atom stereocenters. The van der Waals surface area contributed by atoms with Crippen LogP contribution in [0.2, 0.25) is 5.02 Å². The van der Waals surface area contributed by atoms with E-state index in [2.05, 4.69) is 16.8 Å². The Kier molecular flexibility index (Phi) is 6.78. The number of rotatable bonds is 7. The Bertz CT molecular complexity index is 1200. The highest BCUT2D eigenvalue weighted by Crippen LogP contribution is 2.38. The SMILES string of the molecule is C=CCn1c(SCC(=O)N2CCC[C@@H]2c2ccc3c(c2)OCCO3)nnc1-c1ccc(Cl)cc1. The Morgan fingerprint density at radius 3 is 2.74 bits per heavy atom. The van der Waals surface area contributed by atoms with Gasteiger partial charge in [-0.05, 0) is 54.8 Å². The predicted molar refractivity (Wildman–Crippen MR) is 133 cm³/mol. The van der Waals surface area contributed by atoms with Gasteiger partial charge in [0.2, 0.25) is 5.91 Å². The number of carbonyl (C=O) groups excluding carboxylic acids is 1. The maximum Gasteiger partial charge on any atom is 0.233 e. The van der Waals surface area contributed by atoms with Crippen LogP contribution in [-0.4, -0.2) is 51.1 Å². The zero-order chi connectivity index (χ0) is 23.5. The number of ether oxygens (including phenoxy) is 2. The number of halogens is 1. The summed E-state index contributed by atoms with van der Waals surface area (Å²) in [6.07, 6.45) is 3.71. The molecule has 2 aliphatic heterocycles. The van der Waals surface area contributed by atoms with Crippen molar-refractivity contribution in [2.75, 3.05) is 25.5 Å². The predicted octanol–water partition coefficient (Wildman–Crippen LogP) is 5.01. The van der Waals surface area contributed by atoms with E-state index in [1.54, 1.807) is 6.08 Å². The molecule has 176 valence electrons. The molecule has 5 rings (SSSR count). The maximum atomic E-state index is 13.2. The number of fused-ring (bicyclic) bond motifs is 1. The van der Waals surface area contributed by atoms with Crippen LogP contribution in [0.3, 0.4) is 0 Å². The van der Waals surface area contributed by atoms with Crippen LogP contribution in [0.1, 0.15) is 24.4 Å². The molecule has 1 saturated heterocycles. The molecule has 9 heteroatoms. The number of carbonyl (C=O) groups is 1. The van der Waals surface area contributed by atoms with E-state index in [-0.39, 0.29) is 17.7 Å². The third kappa shape index (κ3) is 4.65. The molecule has 0 aliphatic carbocycles. The molecule has 0 bridgehead atoms. The van der Waals surface area contributed by atoms with Crippen molar-refractivity contribution in [1.82, 2.24) is 19.7 Å². The summed E-state index contributed by atoms with van der Waals surface area (Å²) in [6, 6.07) is 13.5. The number of aromatic nitrogens is 3. The standard InChI is InChI=1S/C25H25ClN4O3S/c1-2-11-30-24(17-5-8-19(26)9-6-17)27-28-25(30)34-16-23(31)29-12-3-4-20(29)18-7-10-21-22(15-18)33-14-13-32-21/h2,5-10,15,20H,1,3-4,11-14,16H2/t20-/m1/s1. The molecular formula is C25H25ClN4O3S. The molecule has 1 atom stereocenters. The molecule has 7 nitrogen and oxygen atoms in total. The Morgan fingerprint density at radius 1 is 1.15 bits per heavy atom. The lowest BCUT2D eigenvalue weighted by atomic mass is 10.0. The van der Waals surface area contributed by atoms with Crippen molar-refractivity contribution >= 4 is 29.3 Å². The second kappa shape index (κ2) is 10.1. The summed E-state index contributed by atoms with van der Waals surface area (Å²) in [4.78, 5) is 15.2. The number of benzene rings is 2. The topological polar surface area (TPSA) is 69.5 Å². The van der Waals surface area contributed by atoms with Crippen molar-refractivity contribution < 1.29 is 14.3 Å². The molecule has 0 saturated carbocycles. The second-order valence-electron chi connectivity index (χ2n) is 8.15. The van der Waals surface area contributed by atoms with Gasteiger partial charge in [0.25, 0.3) is 0 Å². The number of allylic oxidation sites excluding steroid dienone is 1. The lowest BCUT2D eigenvalue weighted by molar-refractivity contribution is -0.129. The van der Waals surface area contributed by atoms with E-state index in [0.717, 1.165) is 47.8 Å². The third-order valence-corrected chi connectivity index (χ3v) is 7.18. The Balaban J connectivity index is 1.30. The van der Waals surface area contributed by atoms with Crippen molar-refractivity contribution in [3.05, 3.63) is 65.7 Å². The number of likely N-dealkylation sites (tertiary alicyclic amines) is 1. The fourth-order valence-corrected chi connectivity index (χ4v) is 5.35. The van der Waals surface area contributed by atoms with Gasteiger partial charge in [-0.2, -0.15) is 0 Å². The highest BCUT2D eigenvalue weighted by molar-refractivity contribution is 7.99. The van der Waals surface area contributed by atoms with Gasteiger partial charge >= 0.3 is 0 Å². The maximum absolute atomic E-state index is 13.2. The molecule has 2 aliphatic rings. The summed E-state index contributed by atoms with van der Waals surface area (Å²) >= 11 is 7.42. The highest BCUT2D eigenvalue weighted by Gasteiger charge is 2.31. The third-order valence-electron chi connectivity index (χ3n) is 5.98. The van der Waals surface area contributed by atoms with Crippen molar-refractivity contribution in [2.24, 2.45) is 0 Å². The summed E-state index contributed by atoms with van der Waals surface area (Å²) in [5.41, 5.74) is 2.00. The summed E-state index contributed by atoms with van der Waals surface area (Å²) < 4.78 is 13.3. The van der Waals surface area contributed by atoms with Crippen LogP contribution in [-0.2, 0) is 11.3 Å². The van der Waals surface area contributed by atoms with E-state index < -0.39 is 0 Å². The molecule has 0 radical (unpaired) electrons. The summed E-state index contributed by atoms with van der Waals surface area (Å²) in [5, 5.41) is 10.1.